The van der Waals surface area contributed by atoms with Crippen LogP contribution in [-0.2, 0) is 5.11 Å². The molecule has 1 heteroatoms. The quantitative estimate of drug-likeness (QED) is 0.385. The van der Waals surface area contributed by atoms with E-state index in [9.17, 15) is 5.11 Å². The summed E-state index contributed by atoms with van der Waals surface area (Å²) in [7, 11) is 0. The lowest BCUT2D eigenvalue weighted by Crippen LogP contribution is -1.61. The van der Waals surface area contributed by atoms with Gasteiger partial charge in [-0.25, -0.2) is 0 Å². The summed E-state index contributed by atoms with van der Waals surface area (Å²) in [6, 6.07) is 0. The van der Waals surface area contributed by atoms with Crippen LogP contribution in [0.2, 0.25) is 0 Å². The van der Waals surface area contributed by atoms with Crippen LogP contribution in [0.1, 0.15) is 20.3 Å². The van der Waals surface area contributed by atoms with Crippen LogP contribution in [0.5, 0.6) is 0 Å². The van der Waals surface area contributed by atoms with Crippen molar-refractivity contribution in [3.05, 3.63) is 24.0 Å². The van der Waals surface area contributed by atoms with Gasteiger partial charge in [0, 0.05) is 0 Å². The summed E-state index contributed by atoms with van der Waals surface area (Å²) < 4.78 is 0. The van der Waals surface area contributed by atoms with Gasteiger partial charge in [0.1, 0.15) is 0 Å². The molecule has 1 nitrogen and oxygen atoms in total. The minimum absolute atomic E-state index is 0.106. The van der Waals surface area contributed by atoms with Gasteiger partial charge in [-0.1, -0.05) is 19.1 Å². The molecule has 0 saturated carbocycles. The molecule has 0 fully saturated rings. The summed E-state index contributed by atoms with van der Waals surface area (Å²) >= 11 is 0. The summed E-state index contributed by atoms with van der Waals surface area (Å²) in [4.78, 5) is 0. The van der Waals surface area contributed by atoms with Gasteiger partial charge in [-0.15, -0.1) is 0 Å². The number of hydrogen-bond donors (Lipinski definition) is 0. The van der Waals surface area contributed by atoms with E-state index in [1.165, 1.54) is 0 Å². The van der Waals surface area contributed by atoms with Gasteiger partial charge in [0.25, 0.3) is 0 Å². The smallest absolute Gasteiger partial charge is 0.152 e. The SMILES string of the molecule is CC/C=C/C=C(\C)[O]. The van der Waals surface area contributed by atoms with Gasteiger partial charge in [-0.05, 0) is 19.4 Å². The Morgan fingerprint density at radius 3 is 2.62 bits per heavy atom. The zero-order valence-electron chi connectivity index (χ0n) is 5.35. The Labute approximate surface area is 50.3 Å². The first kappa shape index (κ1) is 7.28. The molecule has 0 rings (SSSR count). The van der Waals surface area contributed by atoms with Crippen molar-refractivity contribution in [2.24, 2.45) is 0 Å². The van der Waals surface area contributed by atoms with Crippen LogP contribution < -0.4 is 0 Å². The van der Waals surface area contributed by atoms with Crippen LogP contribution in [0.15, 0.2) is 24.0 Å². The van der Waals surface area contributed by atoms with Gasteiger partial charge >= 0.3 is 0 Å². The minimum Gasteiger partial charge on any atom is -0.295 e. The van der Waals surface area contributed by atoms with Gasteiger partial charge in [0.2, 0.25) is 0 Å². The summed E-state index contributed by atoms with van der Waals surface area (Å²) in [5, 5.41) is 10.2. The summed E-state index contributed by atoms with van der Waals surface area (Å²) in [5.41, 5.74) is 0. The highest BCUT2D eigenvalue weighted by Gasteiger charge is 1.74. The highest BCUT2D eigenvalue weighted by atomic mass is 16.3. The molecular formula is C7H11O. The largest absolute Gasteiger partial charge is 0.295 e. The first-order valence-corrected chi connectivity index (χ1v) is 2.77. The van der Waals surface area contributed by atoms with E-state index >= 15 is 0 Å². The fraction of sp³-hybridized carbons (Fsp3) is 0.429. The molecule has 0 aromatic carbocycles. The van der Waals surface area contributed by atoms with Gasteiger partial charge in [-0.3, -0.25) is 5.11 Å². The van der Waals surface area contributed by atoms with E-state index in [1.54, 1.807) is 19.1 Å². The molecule has 0 aromatic heterocycles. The van der Waals surface area contributed by atoms with Gasteiger partial charge < -0.3 is 0 Å². The highest BCUT2D eigenvalue weighted by molar-refractivity contribution is 5.03. The fourth-order valence-electron chi connectivity index (χ4n) is 0.340. The molecular weight excluding hydrogens is 100 g/mol. The second-order valence-electron chi connectivity index (χ2n) is 1.61. The van der Waals surface area contributed by atoms with Crippen molar-refractivity contribution in [2.75, 3.05) is 0 Å². The number of hydrogen-bond acceptors (Lipinski definition) is 0. The molecule has 45 valence electrons. The molecule has 0 amide bonds. The molecule has 0 aliphatic carbocycles. The zero-order chi connectivity index (χ0) is 6.41. The molecule has 0 heterocycles. The van der Waals surface area contributed by atoms with Crippen LogP contribution in [-0.4, -0.2) is 0 Å². The maximum absolute atomic E-state index is 10.2. The summed E-state index contributed by atoms with van der Waals surface area (Å²) in [6.07, 6.45) is 6.27. The number of rotatable bonds is 2. The normalized spacial score (nSPS) is 13.0. The molecule has 1 radical (unpaired) electrons. The Balaban J connectivity index is 3.42. The van der Waals surface area contributed by atoms with Crippen molar-refractivity contribution in [3.63, 3.8) is 0 Å². The van der Waals surface area contributed by atoms with Crippen LogP contribution in [0, 0.1) is 0 Å². The summed E-state index contributed by atoms with van der Waals surface area (Å²) in [6.45, 7) is 3.57. The first-order chi connectivity index (χ1) is 3.77. The van der Waals surface area contributed by atoms with Crippen molar-refractivity contribution in [1.82, 2.24) is 0 Å². The van der Waals surface area contributed by atoms with Crippen molar-refractivity contribution < 1.29 is 5.11 Å². The Hall–Kier alpha value is -0.720. The van der Waals surface area contributed by atoms with Gasteiger partial charge in [0.05, 0.1) is 0 Å². The zero-order valence-corrected chi connectivity index (χ0v) is 5.35. The Kier molecular flexibility index (Phi) is 4.04. The second kappa shape index (κ2) is 4.44. The lowest BCUT2D eigenvalue weighted by Gasteiger charge is -1.75. The van der Waals surface area contributed by atoms with E-state index in [0.717, 1.165) is 6.42 Å². The van der Waals surface area contributed by atoms with Crippen molar-refractivity contribution in [1.29, 1.82) is 0 Å². The Bertz CT molecular complexity index is 97.0. The number of allylic oxidation sites excluding steroid dienone is 4. The monoisotopic (exact) mass is 111 g/mol. The molecule has 0 bridgehead atoms. The van der Waals surface area contributed by atoms with Crippen molar-refractivity contribution in [3.8, 4) is 0 Å². The lowest BCUT2D eigenvalue weighted by molar-refractivity contribution is 0.300. The maximum Gasteiger partial charge on any atom is 0.152 e. The third kappa shape index (κ3) is 5.28. The minimum atomic E-state index is 0.106. The Morgan fingerprint density at radius 1 is 1.62 bits per heavy atom. The van der Waals surface area contributed by atoms with Crippen molar-refractivity contribution >= 4 is 0 Å². The molecule has 0 aromatic rings. The third-order valence-corrected chi connectivity index (χ3v) is 0.703. The Morgan fingerprint density at radius 2 is 2.25 bits per heavy atom. The van der Waals surface area contributed by atoms with Crippen LogP contribution in [0.25, 0.3) is 0 Å². The highest BCUT2D eigenvalue weighted by Crippen LogP contribution is 1.87. The maximum atomic E-state index is 10.2. The fourth-order valence-corrected chi connectivity index (χ4v) is 0.340. The molecule has 0 aliphatic heterocycles. The molecule has 0 atom stereocenters. The van der Waals surface area contributed by atoms with E-state index < -0.39 is 0 Å². The van der Waals surface area contributed by atoms with E-state index in [1.807, 2.05) is 13.0 Å². The molecule has 8 heavy (non-hydrogen) atoms. The molecule has 0 aliphatic rings. The van der Waals surface area contributed by atoms with Gasteiger partial charge in [-0.2, -0.15) is 0 Å². The molecule has 0 N–H and O–H groups in total. The van der Waals surface area contributed by atoms with Crippen LogP contribution in [0.4, 0.5) is 0 Å². The standard InChI is InChI=1S/C7H11O/c1-3-4-5-6-7(2)8/h4-6H,3H2,1-2H3/b5-4+,7-6+. The van der Waals surface area contributed by atoms with Crippen LogP contribution >= 0.6 is 0 Å². The van der Waals surface area contributed by atoms with E-state index in [4.69, 9.17) is 0 Å². The average molecular weight is 111 g/mol. The first-order valence-electron chi connectivity index (χ1n) is 2.77. The summed E-state index contributed by atoms with van der Waals surface area (Å²) in [5.74, 6) is 0.106. The van der Waals surface area contributed by atoms with E-state index in [-0.39, 0.29) is 5.76 Å². The topological polar surface area (TPSA) is 19.9 Å². The average Bonchev–Trinajstić information content (AvgIpc) is 1.66. The molecule has 0 saturated heterocycles. The van der Waals surface area contributed by atoms with E-state index in [0.29, 0.717) is 0 Å². The second-order valence-corrected chi connectivity index (χ2v) is 1.61. The predicted molar refractivity (Wildman–Crippen MR) is 33.9 cm³/mol. The third-order valence-electron chi connectivity index (χ3n) is 0.703. The predicted octanol–water partition coefficient (Wildman–Crippen LogP) is 2.29. The molecule has 0 unspecified atom stereocenters. The lowest BCUT2D eigenvalue weighted by atomic mass is 10.4. The van der Waals surface area contributed by atoms with Gasteiger partial charge in [0.15, 0.2) is 5.76 Å². The molecule has 0 spiro atoms. The van der Waals surface area contributed by atoms with Crippen molar-refractivity contribution in [2.45, 2.75) is 20.3 Å². The van der Waals surface area contributed by atoms with E-state index in [2.05, 4.69) is 0 Å². The van der Waals surface area contributed by atoms with Crippen LogP contribution in [0.3, 0.4) is 0 Å².